The lowest BCUT2D eigenvalue weighted by atomic mass is 10.1. The van der Waals surface area contributed by atoms with E-state index in [1.165, 1.54) is 17.8 Å². The Labute approximate surface area is 180 Å². The van der Waals surface area contributed by atoms with E-state index in [9.17, 15) is 8.78 Å². The van der Waals surface area contributed by atoms with E-state index in [2.05, 4.69) is 40.1 Å². The molecule has 1 aromatic heterocycles. The predicted octanol–water partition coefficient (Wildman–Crippen LogP) is 5.98. The molecular weight excluding hydrogens is 392 g/mol. The molecule has 3 nitrogen and oxygen atoms in total. The largest absolute Gasteiger partial charge is 0.352 e. The monoisotopic (exact) mass is 413 g/mol. The third-order valence-corrected chi connectivity index (χ3v) is 5.58. The van der Waals surface area contributed by atoms with Crippen molar-refractivity contribution >= 4 is 11.4 Å². The molecule has 0 unspecified atom stereocenters. The highest BCUT2D eigenvalue weighted by molar-refractivity contribution is 5.78. The minimum absolute atomic E-state index is 0.289. The molecule has 31 heavy (non-hydrogen) atoms. The number of anilines is 2. The summed E-state index contributed by atoms with van der Waals surface area (Å²) >= 11 is 0. The van der Waals surface area contributed by atoms with Gasteiger partial charge < -0.3 is 9.80 Å². The van der Waals surface area contributed by atoms with Crippen molar-refractivity contribution in [2.24, 2.45) is 0 Å². The smallest absolute Gasteiger partial charge is 0.135 e. The highest BCUT2D eigenvalue weighted by Gasteiger charge is 2.23. The van der Waals surface area contributed by atoms with Gasteiger partial charge in [-0.15, -0.1) is 0 Å². The average Bonchev–Trinajstić information content (AvgIpc) is 3.30. The Kier molecular flexibility index (Phi) is 5.08. The van der Waals surface area contributed by atoms with Crippen LogP contribution in [0.3, 0.4) is 0 Å². The molecule has 1 aliphatic heterocycles. The molecule has 4 aromatic rings. The van der Waals surface area contributed by atoms with Gasteiger partial charge >= 0.3 is 0 Å². The van der Waals surface area contributed by atoms with E-state index >= 15 is 0 Å². The van der Waals surface area contributed by atoms with Crippen LogP contribution in [-0.4, -0.2) is 24.7 Å². The third kappa shape index (κ3) is 3.87. The Morgan fingerprint density at radius 3 is 2.16 bits per heavy atom. The lowest BCUT2D eigenvalue weighted by Crippen LogP contribution is -2.25. The van der Waals surface area contributed by atoms with Crippen LogP contribution >= 0.6 is 0 Å². The number of benzene rings is 3. The van der Waals surface area contributed by atoms with Crippen LogP contribution in [0.2, 0.25) is 0 Å². The van der Waals surface area contributed by atoms with Crippen LogP contribution in [0.25, 0.3) is 22.5 Å². The lowest BCUT2D eigenvalue weighted by Gasteiger charge is -2.23. The minimum atomic E-state index is -0.615. The van der Waals surface area contributed by atoms with Gasteiger partial charge in [-0.05, 0) is 42.5 Å². The van der Waals surface area contributed by atoms with Crippen molar-refractivity contribution in [3.8, 4) is 22.5 Å². The Hall–Kier alpha value is -3.73. The van der Waals surface area contributed by atoms with E-state index in [0.717, 1.165) is 42.8 Å². The van der Waals surface area contributed by atoms with Gasteiger partial charge in [0.05, 0.1) is 18.1 Å². The maximum atomic E-state index is 14.3. The summed E-state index contributed by atoms with van der Waals surface area (Å²) in [5.41, 5.74) is 4.81. The first-order valence-corrected chi connectivity index (χ1v) is 10.3. The van der Waals surface area contributed by atoms with Crippen LogP contribution in [0.5, 0.6) is 0 Å². The zero-order chi connectivity index (χ0) is 21.2. The number of pyridine rings is 1. The molecule has 0 bridgehead atoms. The van der Waals surface area contributed by atoms with Crippen molar-refractivity contribution in [3.05, 3.63) is 103 Å². The quantitative estimate of drug-likeness (QED) is 0.410. The fourth-order valence-corrected chi connectivity index (χ4v) is 4.03. The molecule has 154 valence electrons. The second kappa shape index (κ2) is 8.19. The number of rotatable bonds is 4. The number of halogens is 2. The Morgan fingerprint density at radius 2 is 1.35 bits per heavy atom. The van der Waals surface area contributed by atoms with Gasteiger partial charge in [-0.1, -0.05) is 42.5 Å². The van der Waals surface area contributed by atoms with E-state index in [-0.39, 0.29) is 5.56 Å². The summed E-state index contributed by atoms with van der Waals surface area (Å²) in [6.45, 7) is 2.62. The van der Waals surface area contributed by atoms with Crippen molar-refractivity contribution in [2.75, 3.05) is 29.6 Å². The van der Waals surface area contributed by atoms with Crippen LogP contribution in [0.4, 0.5) is 20.2 Å². The molecule has 0 spiro atoms. The topological polar surface area (TPSA) is 19.4 Å². The van der Waals surface area contributed by atoms with Gasteiger partial charge in [0.1, 0.15) is 11.6 Å². The lowest BCUT2D eigenvalue weighted by molar-refractivity contribution is 0.585. The van der Waals surface area contributed by atoms with E-state index in [4.69, 9.17) is 4.98 Å². The van der Waals surface area contributed by atoms with E-state index < -0.39 is 11.6 Å². The minimum Gasteiger partial charge on any atom is -0.352 e. The molecular formula is C26H21F2N3. The molecule has 0 atom stereocenters. The summed E-state index contributed by atoms with van der Waals surface area (Å²) in [7, 11) is 0. The van der Waals surface area contributed by atoms with Gasteiger partial charge in [-0.2, -0.15) is 0 Å². The summed E-state index contributed by atoms with van der Waals surface area (Å²) < 4.78 is 27.6. The maximum Gasteiger partial charge on any atom is 0.135 e. The number of aromatic nitrogens is 1. The van der Waals surface area contributed by atoms with Crippen molar-refractivity contribution in [1.82, 2.24) is 4.98 Å². The van der Waals surface area contributed by atoms with Crippen molar-refractivity contribution in [2.45, 2.75) is 0 Å². The first-order valence-electron chi connectivity index (χ1n) is 10.3. The third-order valence-electron chi connectivity index (χ3n) is 5.58. The zero-order valence-electron chi connectivity index (χ0n) is 16.9. The van der Waals surface area contributed by atoms with Gasteiger partial charge in [0.2, 0.25) is 0 Å². The summed E-state index contributed by atoms with van der Waals surface area (Å²) in [5.74, 6) is -1.21. The molecule has 5 rings (SSSR count). The highest BCUT2D eigenvalue weighted by Crippen LogP contribution is 2.33. The second-order valence-electron chi connectivity index (χ2n) is 7.55. The van der Waals surface area contributed by atoms with E-state index in [1.54, 1.807) is 6.07 Å². The van der Waals surface area contributed by atoms with Crippen LogP contribution in [0.1, 0.15) is 0 Å². The summed E-state index contributed by atoms with van der Waals surface area (Å²) in [4.78, 5) is 9.38. The standard InChI is InChI=1S/C26H21F2N3/c27-19-13-14-21(23(28)17-19)24-10-6-11-25(29-24)22-9-4-5-12-26(22)31-16-15-30(18-31)20-7-2-1-3-8-20/h1-14,17H,15-16,18H2. The number of para-hydroxylation sites is 2. The van der Waals surface area contributed by atoms with Gasteiger partial charge in [0.15, 0.2) is 0 Å². The van der Waals surface area contributed by atoms with Crippen molar-refractivity contribution in [3.63, 3.8) is 0 Å². The van der Waals surface area contributed by atoms with Crippen molar-refractivity contribution < 1.29 is 8.78 Å². The Bertz CT molecular complexity index is 1210. The molecule has 1 aliphatic rings. The first kappa shape index (κ1) is 19.2. The van der Waals surface area contributed by atoms with E-state index in [1.807, 2.05) is 36.4 Å². The molecule has 3 aromatic carbocycles. The maximum absolute atomic E-state index is 14.3. The summed E-state index contributed by atoms with van der Waals surface area (Å²) in [5, 5.41) is 0. The molecule has 1 fully saturated rings. The molecule has 1 saturated heterocycles. The Balaban J connectivity index is 1.48. The van der Waals surface area contributed by atoms with Crippen LogP contribution in [0.15, 0.2) is 91.0 Å². The fourth-order valence-electron chi connectivity index (χ4n) is 4.03. The highest BCUT2D eigenvalue weighted by atomic mass is 19.1. The van der Waals surface area contributed by atoms with E-state index in [0.29, 0.717) is 5.69 Å². The molecule has 0 radical (unpaired) electrons. The number of hydrogen-bond donors (Lipinski definition) is 0. The van der Waals surface area contributed by atoms with Crippen LogP contribution < -0.4 is 9.80 Å². The summed E-state index contributed by atoms with van der Waals surface area (Å²) in [6.07, 6.45) is 0. The molecule has 0 saturated carbocycles. The fraction of sp³-hybridized carbons (Fsp3) is 0.115. The number of nitrogens with zero attached hydrogens (tertiary/aromatic N) is 3. The molecule has 2 heterocycles. The van der Waals surface area contributed by atoms with Crippen molar-refractivity contribution in [1.29, 1.82) is 0 Å². The van der Waals surface area contributed by atoms with Gasteiger partial charge in [-0.25, -0.2) is 13.8 Å². The SMILES string of the molecule is Fc1ccc(-c2cccc(-c3ccccc3N3CCN(c4ccccc4)C3)n2)c(F)c1. The van der Waals surface area contributed by atoms with Gasteiger partial charge in [-0.3, -0.25) is 0 Å². The second-order valence-corrected chi connectivity index (χ2v) is 7.55. The van der Waals surface area contributed by atoms with Crippen LogP contribution in [-0.2, 0) is 0 Å². The molecule has 0 aliphatic carbocycles. The number of hydrogen-bond acceptors (Lipinski definition) is 3. The molecule has 0 amide bonds. The van der Waals surface area contributed by atoms with Gasteiger partial charge in [0, 0.05) is 41.7 Å². The van der Waals surface area contributed by atoms with Gasteiger partial charge in [0.25, 0.3) is 0 Å². The predicted molar refractivity (Wildman–Crippen MR) is 121 cm³/mol. The zero-order valence-corrected chi connectivity index (χ0v) is 16.9. The Morgan fingerprint density at radius 1 is 0.645 bits per heavy atom. The average molecular weight is 413 g/mol. The summed E-state index contributed by atoms with van der Waals surface area (Å²) in [6, 6.07) is 27.6. The first-order chi connectivity index (χ1) is 15.2. The molecule has 0 N–H and O–H groups in total. The normalized spacial score (nSPS) is 13.6. The molecule has 5 heteroatoms. The van der Waals surface area contributed by atoms with Crippen LogP contribution in [0, 0.1) is 11.6 Å².